The smallest absolute Gasteiger partial charge is 0.155 e. The molecule has 1 saturated heterocycles. The predicted molar refractivity (Wildman–Crippen MR) is 50.9 cm³/mol. The van der Waals surface area contributed by atoms with E-state index < -0.39 is 0 Å². The molecule has 1 aliphatic rings. The van der Waals surface area contributed by atoms with E-state index in [0.717, 1.165) is 0 Å². The van der Waals surface area contributed by atoms with Gasteiger partial charge in [0.2, 0.25) is 0 Å². The summed E-state index contributed by atoms with van der Waals surface area (Å²) in [5, 5.41) is 0. The molecular weight excluding hydrogens is 184 g/mol. The Bertz CT molecular complexity index is 216. The molecular formula is C10H16O4. The third kappa shape index (κ3) is 4.39. The molecule has 0 aromatic carbocycles. The van der Waals surface area contributed by atoms with Gasteiger partial charge >= 0.3 is 0 Å². The lowest BCUT2D eigenvalue weighted by Crippen LogP contribution is -2.32. The van der Waals surface area contributed by atoms with E-state index in [0.29, 0.717) is 32.2 Å². The third-order valence-electron chi connectivity index (χ3n) is 1.79. The van der Waals surface area contributed by atoms with Crippen molar-refractivity contribution in [2.45, 2.75) is 20.0 Å². The zero-order valence-corrected chi connectivity index (χ0v) is 8.62. The van der Waals surface area contributed by atoms with Crippen molar-refractivity contribution < 1.29 is 19.0 Å². The molecule has 4 nitrogen and oxygen atoms in total. The quantitative estimate of drug-likeness (QED) is 0.500. The van der Waals surface area contributed by atoms with Crippen LogP contribution in [0.25, 0.3) is 0 Å². The van der Waals surface area contributed by atoms with Gasteiger partial charge in [-0.1, -0.05) is 0 Å². The first-order chi connectivity index (χ1) is 6.68. The molecule has 0 aliphatic carbocycles. The molecule has 1 unspecified atom stereocenters. The largest absolute Gasteiger partial charge is 0.495 e. The van der Waals surface area contributed by atoms with Gasteiger partial charge in [-0.15, -0.1) is 0 Å². The zero-order chi connectivity index (χ0) is 10.4. The van der Waals surface area contributed by atoms with Gasteiger partial charge < -0.3 is 14.2 Å². The second kappa shape index (κ2) is 5.78. The lowest BCUT2D eigenvalue weighted by molar-refractivity contribution is -0.113. The fourth-order valence-corrected chi connectivity index (χ4v) is 1.19. The topological polar surface area (TPSA) is 44.8 Å². The van der Waals surface area contributed by atoms with E-state index in [2.05, 4.69) is 0 Å². The molecule has 0 spiro atoms. The molecule has 14 heavy (non-hydrogen) atoms. The average molecular weight is 200 g/mol. The highest BCUT2D eigenvalue weighted by atomic mass is 16.6. The van der Waals surface area contributed by atoms with Crippen molar-refractivity contribution in [3.63, 3.8) is 0 Å². The molecule has 80 valence electrons. The van der Waals surface area contributed by atoms with Gasteiger partial charge in [-0.25, -0.2) is 0 Å². The van der Waals surface area contributed by atoms with Gasteiger partial charge in [0.05, 0.1) is 25.6 Å². The number of carbonyl (C=O) groups is 1. The van der Waals surface area contributed by atoms with Gasteiger partial charge in [-0.3, -0.25) is 4.79 Å². The Balaban J connectivity index is 2.21. The lowest BCUT2D eigenvalue weighted by Gasteiger charge is -2.22. The molecule has 0 radical (unpaired) electrons. The Kier molecular flexibility index (Phi) is 4.62. The highest BCUT2D eigenvalue weighted by molar-refractivity contribution is 5.87. The minimum Gasteiger partial charge on any atom is -0.495 e. The van der Waals surface area contributed by atoms with E-state index in [4.69, 9.17) is 14.2 Å². The summed E-state index contributed by atoms with van der Waals surface area (Å²) in [6, 6.07) is 0. The van der Waals surface area contributed by atoms with Crippen molar-refractivity contribution in [2.75, 3.05) is 26.4 Å². The van der Waals surface area contributed by atoms with Gasteiger partial charge in [0.1, 0.15) is 12.7 Å². The third-order valence-corrected chi connectivity index (χ3v) is 1.79. The monoisotopic (exact) mass is 200 g/mol. The maximum Gasteiger partial charge on any atom is 0.155 e. The summed E-state index contributed by atoms with van der Waals surface area (Å²) >= 11 is 0. The first-order valence-corrected chi connectivity index (χ1v) is 4.69. The van der Waals surface area contributed by atoms with Gasteiger partial charge in [0.25, 0.3) is 0 Å². The van der Waals surface area contributed by atoms with Gasteiger partial charge in [-0.05, 0) is 13.8 Å². The van der Waals surface area contributed by atoms with Crippen molar-refractivity contribution in [1.29, 1.82) is 0 Å². The van der Waals surface area contributed by atoms with Gasteiger partial charge in [-0.2, -0.15) is 0 Å². The van der Waals surface area contributed by atoms with Crippen LogP contribution >= 0.6 is 0 Å². The number of ketones is 1. The van der Waals surface area contributed by atoms with Crippen LogP contribution in [0, 0.1) is 0 Å². The maximum atomic E-state index is 10.7. The van der Waals surface area contributed by atoms with Crippen molar-refractivity contribution >= 4 is 5.78 Å². The second-order valence-corrected chi connectivity index (χ2v) is 3.24. The molecule has 1 rings (SSSR count). The molecule has 1 atom stereocenters. The first kappa shape index (κ1) is 11.2. The normalized spacial score (nSPS) is 23.3. The Labute approximate surface area is 83.8 Å². The van der Waals surface area contributed by atoms with E-state index in [9.17, 15) is 4.79 Å². The fraction of sp³-hybridized carbons (Fsp3) is 0.700. The number of rotatable bonds is 4. The Morgan fingerprint density at radius 3 is 2.86 bits per heavy atom. The summed E-state index contributed by atoms with van der Waals surface area (Å²) in [6.07, 6.45) is 1.45. The van der Waals surface area contributed by atoms with Crippen molar-refractivity contribution in [1.82, 2.24) is 0 Å². The molecule has 1 aliphatic heterocycles. The summed E-state index contributed by atoms with van der Waals surface area (Å²) in [6.45, 7) is 5.52. The van der Waals surface area contributed by atoms with Crippen LogP contribution in [0.15, 0.2) is 11.8 Å². The predicted octanol–water partition coefficient (Wildman–Crippen LogP) is 0.911. The van der Waals surface area contributed by atoms with E-state index in [1.807, 2.05) is 0 Å². The summed E-state index contributed by atoms with van der Waals surface area (Å²) in [7, 11) is 0. The second-order valence-electron chi connectivity index (χ2n) is 3.24. The number of carbonyl (C=O) groups excluding carboxylic acids is 1. The van der Waals surface area contributed by atoms with Crippen LogP contribution in [-0.4, -0.2) is 38.3 Å². The van der Waals surface area contributed by atoms with Crippen molar-refractivity contribution in [3.05, 3.63) is 11.8 Å². The van der Waals surface area contributed by atoms with E-state index >= 15 is 0 Å². The highest BCUT2D eigenvalue weighted by Gasteiger charge is 2.14. The molecule has 0 aromatic heterocycles. The van der Waals surface area contributed by atoms with Crippen LogP contribution in [-0.2, 0) is 19.0 Å². The van der Waals surface area contributed by atoms with E-state index in [1.165, 1.54) is 13.0 Å². The number of hydrogen-bond donors (Lipinski definition) is 0. The molecule has 0 saturated carbocycles. The van der Waals surface area contributed by atoms with Gasteiger partial charge in [0.15, 0.2) is 5.78 Å². The van der Waals surface area contributed by atoms with Crippen molar-refractivity contribution in [3.8, 4) is 0 Å². The molecule has 1 fully saturated rings. The molecule has 1 heterocycles. The van der Waals surface area contributed by atoms with E-state index in [1.54, 1.807) is 6.92 Å². The zero-order valence-electron chi connectivity index (χ0n) is 8.62. The first-order valence-electron chi connectivity index (χ1n) is 4.69. The number of hydrogen-bond acceptors (Lipinski definition) is 4. The Hall–Kier alpha value is -0.870. The SMILES string of the molecule is CC(=O)/C=C(\C)OCC1COCCO1. The summed E-state index contributed by atoms with van der Waals surface area (Å²) in [5.74, 6) is 0.606. The number of allylic oxidation sites excluding steroid dienone is 2. The molecule has 0 bridgehead atoms. The van der Waals surface area contributed by atoms with Crippen LogP contribution in [0.3, 0.4) is 0 Å². The van der Waals surface area contributed by atoms with E-state index in [-0.39, 0.29) is 11.9 Å². The molecule has 0 aromatic rings. The summed E-state index contributed by atoms with van der Waals surface area (Å²) in [5.41, 5.74) is 0. The van der Waals surface area contributed by atoms with Crippen LogP contribution < -0.4 is 0 Å². The number of ether oxygens (including phenoxy) is 3. The minimum atomic E-state index is -0.0148. The average Bonchev–Trinajstić information content (AvgIpc) is 2.15. The molecule has 4 heteroatoms. The molecule has 0 N–H and O–H groups in total. The Morgan fingerprint density at radius 1 is 1.50 bits per heavy atom. The van der Waals surface area contributed by atoms with Crippen LogP contribution in [0.2, 0.25) is 0 Å². The van der Waals surface area contributed by atoms with Gasteiger partial charge in [0, 0.05) is 6.08 Å². The maximum absolute atomic E-state index is 10.7. The lowest BCUT2D eigenvalue weighted by atomic mass is 10.3. The Morgan fingerprint density at radius 2 is 2.29 bits per heavy atom. The van der Waals surface area contributed by atoms with Crippen LogP contribution in [0.4, 0.5) is 0 Å². The van der Waals surface area contributed by atoms with Crippen LogP contribution in [0.1, 0.15) is 13.8 Å². The summed E-state index contributed by atoms with van der Waals surface area (Å²) in [4.78, 5) is 10.7. The fourth-order valence-electron chi connectivity index (χ4n) is 1.19. The van der Waals surface area contributed by atoms with Crippen LogP contribution in [0.5, 0.6) is 0 Å². The summed E-state index contributed by atoms with van der Waals surface area (Å²) < 4.78 is 15.9. The standard InChI is InChI=1S/C10H16O4/c1-8(11)5-9(2)14-7-10-6-12-3-4-13-10/h5,10H,3-4,6-7H2,1-2H3/b9-5+. The minimum absolute atomic E-state index is 0.0108. The molecule has 0 amide bonds. The highest BCUT2D eigenvalue weighted by Crippen LogP contribution is 2.04. The van der Waals surface area contributed by atoms with Crippen molar-refractivity contribution in [2.24, 2.45) is 0 Å².